The lowest BCUT2D eigenvalue weighted by Crippen LogP contribution is -2.14. The zero-order chi connectivity index (χ0) is 13.0. The third-order valence-corrected chi connectivity index (χ3v) is 3.11. The van der Waals surface area contributed by atoms with E-state index >= 15 is 0 Å². The minimum Gasteiger partial charge on any atom is -0.381 e. The van der Waals surface area contributed by atoms with E-state index in [1.54, 1.807) is 36.4 Å². The fourth-order valence-corrected chi connectivity index (χ4v) is 1.95. The fourth-order valence-electron chi connectivity index (χ4n) is 1.75. The van der Waals surface area contributed by atoms with Crippen molar-refractivity contribution in [2.24, 2.45) is 0 Å². The summed E-state index contributed by atoms with van der Waals surface area (Å²) < 4.78 is 0. The summed E-state index contributed by atoms with van der Waals surface area (Å²) in [6, 6.07) is 16.0. The van der Waals surface area contributed by atoms with Crippen LogP contribution in [-0.2, 0) is 11.2 Å². The molecule has 0 aliphatic rings. The van der Waals surface area contributed by atoms with E-state index in [1.165, 1.54) is 0 Å². The number of carbonyl (C=O) groups excluding carboxylic acids is 1. The molecule has 92 valence electrons. The number of benzene rings is 2. The van der Waals surface area contributed by atoms with E-state index in [4.69, 9.17) is 11.6 Å². The molecule has 1 atom stereocenters. The fraction of sp³-hybridized carbons (Fsp3) is 0.133. The van der Waals surface area contributed by atoms with Gasteiger partial charge in [-0.15, -0.1) is 0 Å². The van der Waals surface area contributed by atoms with Crippen LogP contribution in [0.2, 0.25) is 5.02 Å². The van der Waals surface area contributed by atoms with Gasteiger partial charge in [-0.25, -0.2) is 0 Å². The van der Waals surface area contributed by atoms with Gasteiger partial charge in [-0.2, -0.15) is 0 Å². The van der Waals surface area contributed by atoms with Crippen molar-refractivity contribution in [1.29, 1.82) is 0 Å². The highest BCUT2D eigenvalue weighted by molar-refractivity contribution is 6.31. The average Bonchev–Trinajstić information content (AvgIpc) is 2.41. The van der Waals surface area contributed by atoms with Crippen LogP contribution in [-0.4, -0.2) is 10.9 Å². The van der Waals surface area contributed by atoms with Gasteiger partial charge in [0.05, 0.1) is 0 Å². The van der Waals surface area contributed by atoms with Gasteiger partial charge < -0.3 is 5.11 Å². The van der Waals surface area contributed by atoms with Gasteiger partial charge in [0.25, 0.3) is 0 Å². The first kappa shape index (κ1) is 12.8. The topological polar surface area (TPSA) is 37.3 Å². The number of ketones is 1. The highest BCUT2D eigenvalue weighted by atomic mass is 35.5. The van der Waals surface area contributed by atoms with Gasteiger partial charge in [0.15, 0.2) is 5.78 Å². The molecule has 2 nitrogen and oxygen atoms in total. The molecular weight excluding hydrogens is 248 g/mol. The molecule has 0 amide bonds. The minimum atomic E-state index is -1.09. The first-order valence-electron chi connectivity index (χ1n) is 5.67. The lowest BCUT2D eigenvalue weighted by atomic mass is 10.00. The normalized spacial score (nSPS) is 12.1. The quantitative estimate of drug-likeness (QED) is 0.917. The molecule has 0 aliphatic heterocycles. The smallest absolute Gasteiger partial charge is 0.170 e. The molecule has 2 aromatic rings. The van der Waals surface area contributed by atoms with Gasteiger partial charge in [-0.05, 0) is 17.2 Å². The van der Waals surface area contributed by atoms with Gasteiger partial charge in [-0.1, -0.05) is 60.1 Å². The molecule has 0 aromatic heterocycles. The molecule has 0 aliphatic carbocycles. The Morgan fingerprint density at radius 2 is 1.67 bits per heavy atom. The number of rotatable bonds is 4. The molecule has 18 heavy (non-hydrogen) atoms. The summed E-state index contributed by atoms with van der Waals surface area (Å²) in [6.45, 7) is 0. The summed E-state index contributed by atoms with van der Waals surface area (Å²) in [7, 11) is 0. The molecule has 1 N–H and O–H groups in total. The Kier molecular flexibility index (Phi) is 4.13. The molecule has 2 rings (SSSR count). The highest BCUT2D eigenvalue weighted by Crippen LogP contribution is 2.20. The van der Waals surface area contributed by atoms with E-state index in [1.807, 2.05) is 18.2 Å². The Morgan fingerprint density at radius 3 is 2.33 bits per heavy atom. The van der Waals surface area contributed by atoms with E-state index in [2.05, 4.69) is 0 Å². The number of aliphatic hydroxyl groups excluding tert-OH is 1. The second-order valence-corrected chi connectivity index (χ2v) is 4.45. The summed E-state index contributed by atoms with van der Waals surface area (Å²) in [5.41, 5.74) is 1.34. The third kappa shape index (κ3) is 2.97. The van der Waals surface area contributed by atoms with Crippen molar-refractivity contribution in [3.05, 3.63) is 70.7 Å². The van der Waals surface area contributed by atoms with Crippen molar-refractivity contribution in [3.63, 3.8) is 0 Å². The zero-order valence-corrected chi connectivity index (χ0v) is 10.5. The van der Waals surface area contributed by atoms with Crippen LogP contribution in [0.5, 0.6) is 0 Å². The van der Waals surface area contributed by atoms with Crippen LogP contribution >= 0.6 is 11.6 Å². The SMILES string of the molecule is O=C(Cc1ccccc1Cl)C(O)c1ccccc1. The number of halogens is 1. The number of hydrogen-bond acceptors (Lipinski definition) is 2. The van der Waals surface area contributed by atoms with Crippen LogP contribution in [0.25, 0.3) is 0 Å². The van der Waals surface area contributed by atoms with E-state index in [-0.39, 0.29) is 12.2 Å². The maximum absolute atomic E-state index is 12.0. The number of hydrogen-bond donors (Lipinski definition) is 1. The van der Waals surface area contributed by atoms with Crippen LogP contribution < -0.4 is 0 Å². The van der Waals surface area contributed by atoms with E-state index in [9.17, 15) is 9.90 Å². The van der Waals surface area contributed by atoms with Crippen LogP contribution in [0.1, 0.15) is 17.2 Å². The number of aliphatic hydroxyl groups is 1. The zero-order valence-electron chi connectivity index (χ0n) is 9.71. The molecule has 0 fully saturated rings. The first-order chi connectivity index (χ1) is 8.68. The Bertz CT molecular complexity index is 537. The van der Waals surface area contributed by atoms with Crippen molar-refractivity contribution in [1.82, 2.24) is 0 Å². The third-order valence-electron chi connectivity index (χ3n) is 2.74. The molecule has 0 saturated heterocycles. The van der Waals surface area contributed by atoms with Crippen molar-refractivity contribution in [2.75, 3.05) is 0 Å². The largest absolute Gasteiger partial charge is 0.381 e. The molecule has 2 aromatic carbocycles. The lowest BCUT2D eigenvalue weighted by Gasteiger charge is -2.10. The van der Waals surface area contributed by atoms with Gasteiger partial charge in [0.1, 0.15) is 6.10 Å². The maximum Gasteiger partial charge on any atom is 0.170 e. The Hall–Kier alpha value is -1.64. The van der Waals surface area contributed by atoms with Gasteiger partial charge in [0, 0.05) is 11.4 Å². The number of carbonyl (C=O) groups is 1. The molecule has 1 unspecified atom stereocenters. The van der Waals surface area contributed by atoms with Gasteiger partial charge in [-0.3, -0.25) is 4.79 Å². The van der Waals surface area contributed by atoms with Crippen LogP contribution in [0, 0.1) is 0 Å². The molecule has 0 heterocycles. The molecule has 0 bridgehead atoms. The predicted octanol–water partition coefficient (Wildman–Crippen LogP) is 3.19. The monoisotopic (exact) mass is 260 g/mol. The summed E-state index contributed by atoms with van der Waals surface area (Å²) in [4.78, 5) is 12.0. The Balaban J connectivity index is 2.12. The molecule has 0 spiro atoms. The standard InChI is InChI=1S/C15H13ClO2/c16-13-9-5-4-8-12(13)10-14(17)15(18)11-6-2-1-3-7-11/h1-9,15,18H,10H2. The van der Waals surface area contributed by atoms with E-state index < -0.39 is 6.10 Å². The van der Waals surface area contributed by atoms with Crippen molar-refractivity contribution >= 4 is 17.4 Å². The second-order valence-electron chi connectivity index (χ2n) is 4.05. The van der Waals surface area contributed by atoms with Crippen LogP contribution in [0.4, 0.5) is 0 Å². The van der Waals surface area contributed by atoms with Crippen LogP contribution in [0.3, 0.4) is 0 Å². The van der Waals surface area contributed by atoms with E-state index in [0.717, 1.165) is 5.56 Å². The average molecular weight is 261 g/mol. The second kappa shape index (κ2) is 5.80. The lowest BCUT2D eigenvalue weighted by molar-refractivity contribution is -0.126. The maximum atomic E-state index is 12.0. The highest BCUT2D eigenvalue weighted by Gasteiger charge is 2.18. The van der Waals surface area contributed by atoms with Crippen molar-refractivity contribution < 1.29 is 9.90 Å². The summed E-state index contributed by atoms with van der Waals surface area (Å²) >= 11 is 5.99. The first-order valence-corrected chi connectivity index (χ1v) is 6.05. The van der Waals surface area contributed by atoms with Crippen molar-refractivity contribution in [2.45, 2.75) is 12.5 Å². The summed E-state index contributed by atoms with van der Waals surface area (Å²) in [5, 5.41) is 10.5. The van der Waals surface area contributed by atoms with Gasteiger partial charge in [0.2, 0.25) is 0 Å². The number of Topliss-reactive ketones (excluding diaryl/α,β-unsaturated/α-hetero) is 1. The molecule has 0 radical (unpaired) electrons. The van der Waals surface area contributed by atoms with Crippen LogP contribution in [0.15, 0.2) is 54.6 Å². The van der Waals surface area contributed by atoms with E-state index in [0.29, 0.717) is 10.6 Å². The Morgan fingerprint density at radius 1 is 1.06 bits per heavy atom. The summed E-state index contributed by atoms with van der Waals surface area (Å²) in [5.74, 6) is -0.255. The molecular formula is C15H13ClO2. The molecule has 3 heteroatoms. The predicted molar refractivity (Wildman–Crippen MR) is 71.6 cm³/mol. The summed E-state index contributed by atoms with van der Waals surface area (Å²) in [6.07, 6.45) is -0.960. The van der Waals surface area contributed by atoms with Crippen molar-refractivity contribution in [3.8, 4) is 0 Å². The molecule has 0 saturated carbocycles. The minimum absolute atomic E-state index is 0.135. The van der Waals surface area contributed by atoms with Gasteiger partial charge >= 0.3 is 0 Å². The Labute approximate surface area is 111 Å².